The summed E-state index contributed by atoms with van der Waals surface area (Å²) in [6.07, 6.45) is 0. The highest BCUT2D eigenvalue weighted by Crippen LogP contribution is 2.47. The fraction of sp³-hybridized carbons (Fsp3) is 0. The SMILES string of the molecule is [2H]c1c([2H])c([2H])c(-c2c3c([2H])c([2H])c([2H])c([2H])c3c(-c3c([2H])c([2H])c4oc5c([2H])c([2H])c([2H])c([2H])c5c4c3[2H])c3c([2H])c([2H])c([2H])c([2H])c23)c(-c2c([2H])c([2H])c([2H])c3c([2H])c([2H])c([2H])c([2H])c23)c1[2H]. The zero-order valence-electron chi connectivity index (χ0n) is 47.4. The second-order valence-corrected chi connectivity index (χ2v) is 9.26. The Kier molecular flexibility index (Phi) is 2.13. The van der Waals surface area contributed by atoms with E-state index in [4.69, 9.17) is 27.7 Å². The number of hydrogen-bond acceptors (Lipinski definition) is 1. The molecule has 0 amide bonds. The third-order valence-electron chi connectivity index (χ3n) is 7.01. The Balaban J connectivity index is 1.66. The third-order valence-corrected chi connectivity index (χ3v) is 7.01. The first kappa shape index (κ1) is 9.69. The lowest BCUT2D eigenvalue weighted by Gasteiger charge is -2.20. The molecular formula is C42H26O. The molecule has 0 unspecified atom stereocenters. The average Bonchev–Trinajstić information content (AvgIpc) is 3.74. The average molecular weight is 573 g/mol. The molecule has 0 aliphatic heterocycles. The molecule has 9 rings (SSSR count). The van der Waals surface area contributed by atoms with Gasteiger partial charge in [0.2, 0.25) is 0 Å². The normalized spacial score (nSPS) is 20.2. The van der Waals surface area contributed by atoms with Gasteiger partial charge in [-0.25, -0.2) is 0 Å². The molecule has 43 heavy (non-hydrogen) atoms. The minimum Gasteiger partial charge on any atom is -0.456 e. The van der Waals surface area contributed by atoms with E-state index in [1.807, 2.05) is 0 Å². The summed E-state index contributed by atoms with van der Waals surface area (Å²) in [4.78, 5) is 0. The first-order valence-corrected chi connectivity index (χ1v) is 12.7. The van der Waals surface area contributed by atoms with E-state index in [1.165, 1.54) is 0 Å². The van der Waals surface area contributed by atoms with E-state index in [1.54, 1.807) is 0 Å². The van der Waals surface area contributed by atoms with Crippen LogP contribution in [-0.2, 0) is 0 Å². The van der Waals surface area contributed by atoms with E-state index in [9.17, 15) is 12.3 Å². The summed E-state index contributed by atoms with van der Waals surface area (Å²) < 4.78 is 239. The van der Waals surface area contributed by atoms with Gasteiger partial charge in [-0.1, -0.05) is 139 Å². The fourth-order valence-electron chi connectivity index (χ4n) is 5.24. The molecule has 1 nitrogen and oxygen atoms in total. The number of furan rings is 1. The van der Waals surface area contributed by atoms with Crippen molar-refractivity contribution in [2.75, 3.05) is 0 Å². The Morgan fingerprint density at radius 2 is 0.860 bits per heavy atom. The summed E-state index contributed by atoms with van der Waals surface area (Å²) in [7, 11) is 0. The van der Waals surface area contributed by atoms with E-state index < -0.39 is 245 Å². The molecule has 0 saturated heterocycles. The number of hydrogen-bond donors (Lipinski definition) is 0. The number of para-hydroxylation sites is 1. The molecule has 0 aliphatic rings. The highest BCUT2D eigenvalue weighted by atomic mass is 16.3. The fourth-order valence-corrected chi connectivity index (χ4v) is 5.24. The summed E-state index contributed by atoms with van der Waals surface area (Å²) in [6.45, 7) is 0. The van der Waals surface area contributed by atoms with Gasteiger partial charge < -0.3 is 4.42 Å². The Morgan fingerprint density at radius 3 is 1.60 bits per heavy atom. The molecule has 8 aromatic carbocycles. The van der Waals surface area contributed by atoms with Gasteiger partial charge in [0.15, 0.2) is 0 Å². The maximum Gasteiger partial charge on any atom is 0.135 e. The molecule has 1 aromatic heterocycles. The van der Waals surface area contributed by atoms with Crippen LogP contribution in [0.3, 0.4) is 0 Å². The van der Waals surface area contributed by atoms with Crippen molar-refractivity contribution in [2.45, 2.75) is 0 Å². The van der Waals surface area contributed by atoms with Crippen LogP contribution in [0.5, 0.6) is 0 Å². The highest BCUT2D eigenvalue weighted by molar-refractivity contribution is 6.23. The van der Waals surface area contributed by atoms with E-state index in [2.05, 4.69) is 0 Å². The maximum atomic E-state index is 9.66. The van der Waals surface area contributed by atoms with Crippen LogP contribution in [-0.4, -0.2) is 0 Å². The van der Waals surface area contributed by atoms with Gasteiger partial charge >= 0.3 is 0 Å². The van der Waals surface area contributed by atoms with Crippen molar-refractivity contribution in [3.63, 3.8) is 0 Å². The van der Waals surface area contributed by atoms with Crippen molar-refractivity contribution in [1.82, 2.24) is 0 Å². The molecule has 0 spiro atoms. The quantitative estimate of drug-likeness (QED) is 0.192. The van der Waals surface area contributed by atoms with Gasteiger partial charge in [-0.15, -0.1) is 0 Å². The number of rotatable bonds is 3. The third kappa shape index (κ3) is 3.65. The minimum absolute atomic E-state index is 0.432. The van der Waals surface area contributed by atoms with Crippen molar-refractivity contribution in [3.8, 4) is 33.4 Å². The van der Waals surface area contributed by atoms with Gasteiger partial charge in [0.25, 0.3) is 0 Å². The van der Waals surface area contributed by atoms with E-state index in [-0.39, 0.29) is 0 Å². The Morgan fingerprint density at radius 1 is 0.349 bits per heavy atom. The topological polar surface area (TPSA) is 13.1 Å². The van der Waals surface area contributed by atoms with Crippen LogP contribution in [0, 0.1) is 0 Å². The lowest BCUT2D eigenvalue weighted by atomic mass is 9.83. The van der Waals surface area contributed by atoms with Crippen molar-refractivity contribution in [2.24, 2.45) is 0 Å². The summed E-state index contributed by atoms with van der Waals surface area (Å²) in [5.74, 6) is 0. The van der Waals surface area contributed by atoms with Crippen LogP contribution in [0.1, 0.15) is 35.6 Å². The maximum absolute atomic E-state index is 9.66. The van der Waals surface area contributed by atoms with Gasteiger partial charge in [-0.3, -0.25) is 0 Å². The Labute approximate surface area is 285 Å². The standard InChI is InChI=1S/C42H26O/c1-2-14-29-27(12-1)13-11-22-30(29)31-15-3-4-17-33(31)42-36-20-7-5-18-34(36)41(35-19-6-8-21-37(35)42)28-24-25-40-38(26-28)32-16-9-10-23-39(32)43-40/h1-26H/i1D,2D,3D,4D,5D,6D,7D,8D,9D,10D,11D,12D,13D,14D,15D,16D,17D,18D,19D,20D,21D,22D,23D,24D,25D,26D. The van der Waals surface area contributed by atoms with E-state index in [0.717, 1.165) is 0 Å². The van der Waals surface area contributed by atoms with Crippen LogP contribution in [0.25, 0.3) is 87.6 Å². The number of fused-ring (bicyclic) bond motifs is 6. The molecule has 1 heteroatoms. The summed E-state index contributed by atoms with van der Waals surface area (Å²) in [5.41, 5.74) is -5.83. The van der Waals surface area contributed by atoms with Gasteiger partial charge in [0.05, 0.1) is 35.6 Å². The van der Waals surface area contributed by atoms with E-state index >= 15 is 0 Å². The molecule has 200 valence electrons. The van der Waals surface area contributed by atoms with Gasteiger partial charge in [-0.2, -0.15) is 0 Å². The summed E-state index contributed by atoms with van der Waals surface area (Å²) >= 11 is 0. The van der Waals surface area contributed by atoms with Crippen LogP contribution in [0.4, 0.5) is 0 Å². The molecule has 0 N–H and O–H groups in total. The van der Waals surface area contributed by atoms with E-state index in [0.29, 0.717) is 0 Å². The Hall–Kier alpha value is -5.66. The van der Waals surface area contributed by atoms with Gasteiger partial charge in [-0.05, 0) is 83.8 Å². The number of benzene rings is 8. The molecule has 0 saturated carbocycles. The first-order valence-electron chi connectivity index (χ1n) is 25.7. The monoisotopic (exact) mass is 572 g/mol. The Bertz CT molecular complexity index is 3880. The molecular weight excluding hydrogens is 520 g/mol. The predicted octanol–water partition coefficient (Wildman–Crippen LogP) is 12.0. The van der Waals surface area contributed by atoms with Crippen molar-refractivity contribution in [3.05, 3.63) is 157 Å². The molecule has 1 heterocycles. The van der Waals surface area contributed by atoms with Gasteiger partial charge in [0, 0.05) is 10.8 Å². The lowest BCUT2D eigenvalue weighted by Crippen LogP contribution is -1.93. The van der Waals surface area contributed by atoms with Crippen LogP contribution >= 0.6 is 0 Å². The van der Waals surface area contributed by atoms with Gasteiger partial charge in [0.1, 0.15) is 11.2 Å². The zero-order chi connectivity index (χ0) is 51.0. The second-order valence-electron chi connectivity index (χ2n) is 9.26. The molecule has 0 fully saturated rings. The van der Waals surface area contributed by atoms with Crippen LogP contribution < -0.4 is 0 Å². The molecule has 0 radical (unpaired) electrons. The first-order chi connectivity index (χ1) is 32.2. The van der Waals surface area contributed by atoms with Crippen molar-refractivity contribution < 1.29 is 40.1 Å². The largest absolute Gasteiger partial charge is 0.456 e. The molecule has 0 aliphatic carbocycles. The second kappa shape index (κ2) is 9.44. The molecule has 0 atom stereocenters. The van der Waals surface area contributed by atoms with Crippen LogP contribution in [0.15, 0.2) is 162 Å². The molecule has 0 bridgehead atoms. The minimum atomic E-state index is -1.08. The smallest absolute Gasteiger partial charge is 0.135 e. The predicted molar refractivity (Wildman–Crippen MR) is 183 cm³/mol. The van der Waals surface area contributed by atoms with Crippen molar-refractivity contribution in [1.29, 1.82) is 0 Å². The lowest BCUT2D eigenvalue weighted by molar-refractivity contribution is 0.669. The summed E-state index contributed by atoms with van der Waals surface area (Å²) in [6, 6.07) is -24.3. The van der Waals surface area contributed by atoms with Crippen molar-refractivity contribution >= 4 is 54.3 Å². The zero-order valence-corrected chi connectivity index (χ0v) is 21.4. The van der Waals surface area contributed by atoms with Crippen LogP contribution in [0.2, 0.25) is 0 Å². The molecule has 9 aromatic rings. The summed E-state index contributed by atoms with van der Waals surface area (Å²) in [5, 5.41) is -5.28. The highest BCUT2D eigenvalue weighted by Gasteiger charge is 2.20.